The Hall–Kier alpha value is -1.13. The van der Waals surface area contributed by atoms with E-state index >= 15 is 0 Å². The summed E-state index contributed by atoms with van der Waals surface area (Å²) in [6, 6.07) is 5.53. The van der Waals surface area contributed by atoms with Crippen molar-refractivity contribution in [3.63, 3.8) is 0 Å². The van der Waals surface area contributed by atoms with Gasteiger partial charge in [0.1, 0.15) is 5.76 Å². The zero-order valence-corrected chi connectivity index (χ0v) is 11.2. The third-order valence-electron chi connectivity index (χ3n) is 2.53. The number of nitrogens with two attached hydrogens (primary N) is 1. The second kappa shape index (κ2) is 5.02. The quantitative estimate of drug-likeness (QED) is 0.679. The Labute approximate surface area is 109 Å². The van der Waals surface area contributed by atoms with Gasteiger partial charge in [-0.05, 0) is 32.0 Å². The summed E-state index contributed by atoms with van der Waals surface area (Å²) < 4.78 is 5.12. The first kappa shape index (κ1) is 12.3. The molecular formula is C12H13ClN2OS. The van der Waals surface area contributed by atoms with Gasteiger partial charge in [0.2, 0.25) is 0 Å². The van der Waals surface area contributed by atoms with E-state index in [0.717, 1.165) is 27.7 Å². The molecule has 0 amide bonds. The average Bonchev–Trinajstić information content (AvgIpc) is 2.58. The van der Waals surface area contributed by atoms with Gasteiger partial charge in [-0.25, -0.2) is 0 Å². The van der Waals surface area contributed by atoms with Crippen molar-refractivity contribution < 1.29 is 4.52 Å². The van der Waals surface area contributed by atoms with Crippen LogP contribution in [0.2, 0.25) is 5.02 Å². The van der Waals surface area contributed by atoms with E-state index < -0.39 is 0 Å². The lowest BCUT2D eigenvalue weighted by Gasteiger charge is -2.05. The van der Waals surface area contributed by atoms with Crippen LogP contribution in [-0.4, -0.2) is 5.16 Å². The van der Waals surface area contributed by atoms with Crippen molar-refractivity contribution in [2.24, 2.45) is 0 Å². The van der Waals surface area contributed by atoms with Gasteiger partial charge in [0.05, 0.1) is 5.69 Å². The van der Waals surface area contributed by atoms with Gasteiger partial charge in [-0.15, -0.1) is 11.8 Å². The lowest BCUT2D eigenvalue weighted by molar-refractivity contribution is 0.392. The molecule has 1 aromatic heterocycles. The van der Waals surface area contributed by atoms with Crippen LogP contribution in [0.1, 0.15) is 17.0 Å². The maximum atomic E-state index is 5.89. The molecule has 0 atom stereocenters. The van der Waals surface area contributed by atoms with Gasteiger partial charge in [0.25, 0.3) is 0 Å². The van der Waals surface area contributed by atoms with Gasteiger partial charge < -0.3 is 10.3 Å². The third kappa shape index (κ3) is 2.76. The van der Waals surface area contributed by atoms with Gasteiger partial charge in [-0.2, -0.15) is 0 Å². The molecule has 3 nitrogen and oxygen atoms in total. The summed E-state index contributed by atoms with van der Waals surface area (Å²) in [5.74, 6) is 1.66. The molecule has 5 heteroatoms. The average molecular weight is 269 g/mol. The molecule has 0 aliphatic heterocycles. The minimum absolute atomic E-state index is 0.657. The molecule has 1 heterocycles. The van der Waals surface area contributed by atoms with E-state index in [1.165, 1.54) is 0 Å². The van der Waals surface area contributed by atoms with Crippen molar-refractivity contribution in [1.29, 1.82) is 0 Å². The first-order valence-corrected chi connectivity index (χ1v) is 6.54. The van der Waals surface area contributed by atoms with Crippen LogP contribution in [0.3, 0.4) is 0 Å². The molecule has 90 valence electrons. The molecule has 0 bridgehead atoms. The number of nitrogen functional groups attached to an aromatic ring is 1. The summed E-state index contributed by atoms with van der Waals surface area (Å²) in [6.45, 7) is 3.86. The van der Waals surface area contributed by atoms with E-state index in [-0.39, 0.29) is 0 Å². The molecular weight excluding hydrogens is 256 g/mol. The predicted octanol–water partition coefficient (Wildman–Crippen LogP) is 3.82. The lowest BCUT2D eigenvalue weighted by Crippen LogP contribution is -1.90. The molecule has 2 rings (SSSR count). The Morgan fingerprint density at radius 2 is 2.18 bits per heavy atom. The standard InChI is InChI=1S/C12H13ClN2OS/c1-7-10(8(2)16-15-7)6-17-12-4-3-9(13)5-11(12)14/h3-5H,6,14H2,1-2H3. The minimum atomic E-state index is 0.657. The highest BCUT2D eigenvalue weighted by Gasteiger charge is 2.10. The molecule has 17 heavy (non-hydrogen) atoms. The maximum Gasteiger partial charge on any atom is 0.137 e. The van der Waals surface area contributed by atoms with E-state index in [1.54, 1.807) is 17.8 Å². The Balaban J connectivity index is 2.13. The van der Waals surface area contributed by atoms with Crippen LogP contribution in [0.15, 0.2) is 27.6 Å². The fourth-order valence-corrected chi connectivity index (χ4v) is 2.79. The Kier molecular flexibility index (Phi) is 3.64. The maximum absolute atomic E-state index is 5.89. The summed E-state index contributed by atoms with van der Waals surface area (Å²) >= 11 is 7.51. The van der Waals surface area contributed by atoms with Gasteiger partial charge in [-0.3, -0.25) is 0 Å². The van der Waals surface area contributed by atoms with E-state index in [9.17, 15) is 0 Å². The zero-order chi connectivity index (χ0) is 12.4. The van der Waals surface area contributed by atoms with E-state index in [0.29, 0.717) is 10.7 Å². The molecule has 0 radical (unpaired) electrons. The van der Waals surface area contributed by atoms with Crippen molar-refractivity contribution in [3.8, 4) is 0 Å². The molecule has 0 fully saturated rings. The predicted molar refractivity (Wildman–Crippen MR) is 71.4 cm³/mol. The van der Waals surface area contributed by atoms with Crippen LogP contribution in [0, 0.1) is 13.8 Å². The van der Waals surface area contributed by atoms with Crippen LogP contribution in [-0.2, 0) is 5.75 Å². The number of benzene rings is 1. The third-order valence-corrected chi connectivity index (χ3v) is 3.88. The molecule has 2 aromatic rings. The van der Waals surface area contributed by atoms with Crippen LogP contribution < -0.4 is 5.73 Å². The van der Waals surface area contributed by atoms with Gasteiger partial charge >= 0.3 is 0 Å². The number of anilines is 1. The summed E-state index contributed by atoms with van der Waals surface area (Å²) in [5, 5.41) is 4.58. The summed E-state index contributed by atoms with van der Waals surface area (Å²) in [7, 11) is 0. The van der Waals surface area contributed by atoms with Crippen molar-refractivity contribution in [2.45, 2.75) is 24.5 Å². The van der Waals surface area contributed by atoms with Crippen molar-refractivity contribution >= 4 is 29.1 Å². The van der Waals surface area contributed by atoms with Crippen LogP contribution in [0.4, 0.5) is 5.69 Å². The van der Waals surface area contributed by atoms with Crippen molar-refractivity contribution in [1.82, 2.24) is 5.16 Å². The first-order chi connectivity index (χ1) is 8.08. The summed E-state index contributed by atoms with van der Waals surface area (Å²) in [5.41, 5.74) is 8.66. The first-order valence-electron chi connectivity index (χ1n) is 5.17. The highest BCUT2D eigenvalue weighted by molar-refractivity contribution is 7.98. The molecule has 2 N–H and O–H groups in total. The second-order valence-electron chi connectivity index (χ2n) is 3.77. The fraction of sp³-hybridized carbons (Fsp3) is 0.250. The molecule has 0 saturated heterocycles. The van der Waals surface area contributed by atoms with Gasteiger partial charge in [0, 0.05) is 26.9 Å². The molecule has 1 aromatic carbocycles. The molecule has 0 unspecified atom stereocenters. The van der Waals surface area contributed by atoms with Crippen molar-refractivity contribution in [3.05, 3.63) is 40.2 Å². The molecule has 0 spiro atoms. The number of aryl methyl sites for hydroxylation is 2. The smallest absolute Gasteiger partial charge is 0.137 e. The van der Waals surface area contributed by atoms with Gasteiger partial charge in [0.15, 0.2) is 0 Å². The number of thioether (sulfide) groups is 1. The Morgan fingerprint density at radius 1 is 1.41 bits per heavy atom. The van der Waals surface area contributed by atoms with Crippen molar-refractivity contribution in [2.75, 3.05) is 5.73 Å². The number of nitrogens with zero attached hydrogens (tertiary/aromatic N) is 1. The Bertz CT molecular complexity index is 520. The lowest BCUT2D eigenvalue weighted by atomic mass is 10.2. The van der Waals surface area contributed by atoms with Crippen LogP contribution in [0.5, 0.6) is 0 Å². The highest BCUT2D eigenvalue weighted by Crippen LogP contribution is 2.31. The van der Waals surface area contributed by atoms with E-state index in [4.69, 9.17) is 21.9 Å². The minimum Gasteiger partial charge on any atom is -0.398 e. The second-order valence-corrected chi connectivity index (χ2v) is 5.23. The largest absolute Gasteiger partial charge is 0.398 e. The summed E-state index contributed by atoms with van der Waals surface area (Å²) in [6.07, 6.45) is 0. The molecule has 0 saturated carbocycles. The van der Waals surface area contributed by atoms with E-state index in [2.05, 4.69) is 5.16 Å². The SMILES string of the molecule is Cc1noc(C)c1CSc1ccc(Cl)cc1N. The fourth-order valence-electron chi connectivity index (χ4n) is 1.51. The summed E-state index contributed by atoms with van der Waals surface area (Å²) in [4.78, 5) is 1.02. The Morgan fingerprint density at radius 3 is 2.76 bits per heavy atom. The number of hydrogen-bond donors (Lipinski definition) is 1. The van der Waals surface area contributed by atoms with E-state index in [1.807, 2.05) is 26.0 Å². The van der Waals surface area contributed by atoms with Crippen LogP contribution >= 0.6 is 23.4 Å². The van der Waals surface area contributed by atoms with Crippen LogP contribution in [0.25, 0.3) is 0 Å². The van der Waals surface area contributed by atoms with Gasteiger partial charge in [-0.1, -0.05) is 16.8 Å². The highest BCUT2D eigenvalue weighted by atomic mass is 35.5. The number of rotatable bonds is 3. The molecule has 0 aliphatic rings. The normalized spacial score (nSPS) is 10.8. The number of aromatic nitrogens is 1. The monoisotopic (exact) mass is 268 g/mol. The number of halogens is 1. The zero-order valence-electron chi connectivity index (χ0n) is 9.66. The molecule has 0 aliphatic carbocycles. The number of hydrogen-bond acceptors (Lipinski definition) is 4. The topological polar surface area (TPSA) is 52.0 Å².